The molecule has 0 spiro atoms. The van der Waals surface area contributed by atoms with E-state index in [1.807, 2.05) is 0 Å². The zero-order chi connectivity index (χ0) is 24.1. The summed E-state index contributed by atoms with van der Waals surface area (Å²) in [6, 6.07) is 3.48. The van der Waals surface area contributed by atoms with E-state index in [2.05, 4.69) is 50.2 Å². The van der Waals surface area contributed by atoms with Gasteiger partial charge in [0.1, 0.15) is 0 Å². The number of fused-ring (bicyclic) bond motifs is 1. The fraction of sp³-hybridized carbons (Fsp3) is 0.800. The Hall–Kier alpha value is -1.42. The Balaban J connectivity index is 1.46. The average molecular weight is 468 g/mol. The minimum absolute atomic E-state index is 0.216. The first-order valence-electron chi connectivity index (χ1n) is 14.5. The molecule has 0 radical (unpaired) electrons. The van der Waals surface area contributed by atoms with Crippen molar-refractivity contribution in [2.75, 3.05) is 6.54 Å². The van der Waals surface area contributed by atoms with Gasteiger partial charge in [0.15, 0.2) is 0 Å². The maximum absolute atomic E-state index is 14.1. The molecule has 4 heteroatoms. The minimum atomic E-state index is -0.216. The van der Waals surface area contributed by atoms with Crippen LogP contribution in [0.15, 0.2) is 12.3 Å². The van der Waals surface area contributed by atoms with Crippen molar-refractivity contribution < 1.29 is 4.79 Å². The number of amides is 1. The molecule has 4 nitrogen and oxygen atoms in total. The predicted molar refractivity (Wildman–Crippen MR) is 141 cm³/mol. The normalized spacial score (nSPS) is 25.8. The van der Waals surface area contributed by atoms with Crippen molar-refractivity contribution in [3.63, 3.8) is 0 Å². The number of nitrogens with zero attached hydrogens (tertiary/aromatic N) is 2. The van der Waals surface area contributed by atoms with Crippen LogP contribution in [0.4, 0.5) is 0 Å². The van der Waals surface area contributed by atoms with Gasteiger partial charge in [-0.15, -0.1) is 0 Å². The van der Waals surface area contributed by atoms with E-state index in [4.69, 9.17) is 4.98 Å². The first-order chi connectivity index (χ1) is 16.5. The quantitative estimate of drug-likeness (QED) is 0.436. The molecule has 34 heavy (non-hydrogen) atoms. The monoisotopic (exact) mass is 467 g/mol. The molecule has 2 fully saturated rings. The molecular formula is C30H49N3O. The zero-order valence-electron chi connectivity index (χ0n) is 22.4. The van der Waals surface area contributed by atoms with Gasteiger partial charge in [0.2, 0.25) is 5.91 Å². The van der Waals surface area contributed by atoms with Crippen LogP contribution in [0.5, 0.6) is 0 Å². The van der Waals surface area contributed by atoms with Crippen LogP contribution >= 0.6 is 0 Å². The van der Waals surface area contributed by atoms with Crippen molar-refractivity contribution >= 4 is 5.91 Å². The molecule has 0 aromatic carbocycles. The van der Waals surface area contributed by atoms with Gasteiger partial charge in [-0.2, -0.15) is 0 Å². The lowest BCUT2D eigenvalue weighted by atomic mass is 9.74. The fourth-order valence-corrected chi connectivity index (χ4v) is 7.12. The molecule has 0 unspecified atom stereocenters. The summed E-state index contributed by atoms with van der Waals surface area (Å²) in [7, 11) is 0. The van der Waals surface area contributed by atoms with Crippen molar-refractivity contribution in [1.29, 1.82) is 0 Å². The second-order valence-electron chi connectivity index (χ2n) is 11.9. The Labute approximate surface area is 208 Å². The molecule has 2 saturated carbocycles. The molecule has 2 heterocycles. The fourth-order valence-electron chi connectivity index (χ4n) is 7.12. The number of rotatable bonds is 9. The molecule has 1 aromatic rings. The second-order valence-corrected chi connectivity index (χ2v) is 11.9. The Morgan fingerprint density at radius 3 is 2.56 bits per heavy atom. The molecule has 4 rings (SSSR count). The van der Waals surface area contributed by atoms with Gasteiger partial charge in [0.05, 0.1) is 5.41 Å². The summed E-state index contributed by atoms with van der Waals surface area (Å²) in [6.07, 6.45) is 17.8. The summed E-state index contributed by atoms with van der Waals surface area (Å²) in [5, 5.41) is 3.96. The summed E-state index contributed by atoms with van der Waals surface area (Å²) in [5.74, 6) is 1.44. The molecule has 1 aromatic heterocycles. The van der Waals surface area contributed by atoms with Crippen molar-refractivity contribution in [1.82, 2.24) is 15.2 Å². The molecule has 1 N–H and O–H groups in total. The second kappa shape index (κ2) is 11.5. The van der Waals surface area contributed by atoms with E-state index >= 15 is 0 Å². The molecule has 1 amide bonds. The molecule has 3 aliphatic rings. The third-order valence-corrected chi connectivity index (χ3v) is 9.25. The molecule has 2 aliphatic carbocycles. The maximum atomic E-state index is 14.1. The van der Waals surface area contributed by atoms with Crippen LogP contribution in [-0.4, -0.2) is 34.4 Å². The first kappa shape index (κ1) is 25.7. The van der Waals surface area contributed by atoms with Crippen molar-refractivity contribution in [3.05, 3.63) is 29.1 Å². The molecule has 0 saturated heterocycles. The van der Waals surface area contributed by atoms with E-state index < -0.39 is 0 Å². The minimum Gasteiger partial charge on any atom is -0.337 e. The van der Waals surface area contributed by atoms with Crippen LogP contribution in [0, 0.1) is 11.3 Å². The molecular weight excluding hydrogens is 418 g/mol. The van der Waals surface area contributed by atoms with E-state index in [1.165, 1.54) is 74.6 Å². The molecule has 190 valence electrons. The van der Waals surface area contributed by atoms with Crippen molar-refractivity contribution in [2.24, 2.45) is 11.3 Å². The van der Waals surface area contributed by atoms with Gasteiger partial charge in [-0.1, -0.05) is 65.9 Å². The highest BCUT2D eigenvalue weighted by atomic mass is 16.2. The van der Waals surface area contributed by atoms with Gasteiger partial charge in [-0.25, -0.2) is 0 Å². The van der Waals surface area contributed by atoms with Crippen LogP contribution < -0.4 is 5.32 Å². The lowest BCUT2D eigenvalue weighted by Gasteiger charge is -2.40. The van der Waals surface area contributed by atoms with Crippen molar-refractivity contribution in [3.8, 4) is 0 Å². The SMILES string of the molecule is CCCC(CCC)N[C@@H]1CC[C@@](C(=O)N2CCc3ncc(C4CCCCC4)cc3C2)(C(C)C)C1. The number of pyridine rings is 1. The summed E-state index contributed by atoms with van der Waals surface area (Å²) < 4.78 is 0. The zero-order valence-corrected chi connectivity index (χ0v) is 22.4. The highest BCUT2D eigenvalue weighted by Crippen LogP contribution is 2.47. The van der Waals surface area contributed by atoms with Gasteiger partial charge in [-0.05, 0) is 67.9 Å². The van der Waals surface area contributed by atoms with Crippen LogP contribution in [0.3, 0.4) is 0 Å². The van der Waals surface area contributed by atoms with Gasteiger partial charge < -0.3 is 10.2 Å². The Bertz CT molecular complexity index is 809. The van der Waals surface area contributed by atoms with E-state index in [-0.39, 0.29) is 5.41 Å². The number of hydrogen-bond acceptors (Lipinski definition) is 3. The number of hydrogen-bond donors (Lipinski definition) is 1. The van der Waals surface area contributed by atoms with E-state index in [9.17, 15) is 4.79 Å². The smallest absolute Gasteiger partial charge is 0.229 e. The number of carbonyl (C=O) groups is 1. The summed E-state index contributed by atoms with van der Waals surface area (Å²) in [6.45, 7) is 10.7. The first-order valence-corrected chi connectivity index (χ1v) is 14.5. The highest BCUT2D eigenvalue weighted by molar-refractivity contribution is 5.83. The molecule has 0 bridgehead atoms. The van der Waals surface area contributed by atoms with Gasteiger partial charge in [0, 0.05) is 43.5 Å². The largest absolute Gasteiger partial charge is 0.337 e. The Morgan fingerprint density at radius 2 is 1.88 bits per heavy atom. The molecule has 2 atom stereocenters. The summed E-state index contributed by atoms with van der Waals surface area (Å²) >= 11 is 0. The van der Waals surface area contributed by atoms with Gasteiger partial charge in [0.25, 0.3) is 0 Å². The third-order valence-electron chi connectivity index (χ3n) is 9.25. The average Bonchev–Trinajstić information content (AvgIpc) is 3.29. The van der Waals surface area contributed by atoms with Gasteiger partial charge in [-0.3, -0.25) is 9.78 Å². The Kier molecular flexibility index (Phi) is 8.71. The van der Waals surface area contributed by atoms with Crippen LogP contribution in [0.2, 0.25) is 0 Å². The predicted octanol–water partition coefficient (Wildman–Crippen LogP) is 6.77. The standard InChI is InChI=1S/C30H49N3O/c1-5-10-26(11-6-2)32-27-14-16-30(19-27,22(3)4)29(34)33-17-15-28-25(21-33)18-24(20-31-28)23-12-8-7-9-13-23/h18,20,22-23,26-27,32H,5-17,19,21H2,1-4H3/t27-,30+/m1/s1. The number of nitrogens with one attached hydrogen (secondary N) is 1. The van der Waals surface area contributed by atoms with E-state index in [0.717, 1.165) is 38.8 Å². The van der Waals surface area contributed by atoms with Crippen LogP contribution in [0.25, 0.3) is 0 Å². The topological polar surface area (TPSA) is 45.2 Å². The van der Waals surface area contributed by atoms with Gasteiger partial charge >= 0.3 is 0 Å². The van der Waals surface area contributed by atoms with E-state index in [1.54, 1.807) is 0 Å². The number of aromatic nitrogens is 1. The Morgan fingerprint density at radius 1 is 1.15 bits per heavy atom. The van der Waals surface area contributed by atoms with Crippen LogP contribution in [0.1, 0.15) is 127 Å². The van der Waals surface area contributed by atoms with Crippen LogP contribution in [-0.2, 0) is 17.8 Å². The lowest BCUT2D eigenvalue weighted by molar-refractivity contribution is -0.145. The summed E-state index contributed by atoms with van der Waals surface area (Å²) in [5.41, 5.74) is 3.72. The third kappa shape index (κ3) is 5.53. The summed E-state index contributed by atoms with van der Waals surface area (Å²) in [4.78, 5) is 21.2. The highest BCUT2D eigenvalue weighted by Gasteiger charge is 2.49. The maximum Gasteiger partial charge on any atom is 0.229 e. The van der Waals surface area contributed by atoms with E-state index in [0.29, 0.717) is 29.8 Å². The lowest BCUT2D eigenvalue weighted by Crippen LogP contribution is -2.48. The molecule has 1 aliphatic heterocycles. The number of carbonyl (C=O) groups excluding carboxylic acids is 1. The van der Waals surface area contributed by atoms with Crippen molar-refractivity contribution in [2.45, 2.75) is 136 Å².